The molecule has 1 saturated heterocycles. The van der Waals surface area contributed by atoms with Crippen LogP contribution in [0.4, 0.5) is 0 Å². The highest BCUT2D eigenvalue weighted by atomic mass is 16.2. The normalized spacial score (nSPS) is 18.5. The molecule has 0 aliphatic carbocycles. The Balaban J connectivity index is 1.70. The second kappa shape index (κ2) is 8.45. The molecule has 1 heterocycles. The van der Waals surface area contributed by atoms with Crippen LogP contribution in [-0.2, 0) is 4.79 Å². The number of hydrogen-bond donors (Lipinski definition) is 2. The maximum absolute atomic E-state index is 12.8. The van der Waals surface area contributed by atoms with E-state index in [0.29, 0.717) is 6.54 Å². The number of benzene rings is 2. The van der Waals surface area contributed by atoms with Gasteiger partial charge in [-0.15, -0.1) is 0 Å². The Morgan fingerprint density at radius 1 is 1.08 bits per heavy atom. The number of likely N-dealkylation sites (tertiary alicyclic amines) is 1. The average Bonchev–Trinajstić information content (AvgIpc) is 2.94. The molecule has 0 spiro atoms. The van der Waals surface area contributed by atoms with Crippen molar-refractivity contribution in [1.29, 1.82) is 0 Å². The minimum absolute atomic E-state index is 0.0745. The number of amides is 1. The molecular weight excluding hydrogens is 310 g/mol. The molecule has 0 bridgehead atoms. The third-order valence-corrected chi connectivity index (χ3v) is 5.30. The van der Waals surface area contributed by atoms with Crippen LogP contribution in [-0.4, -0.2) is 36.5 Å². The van der Waals surface area contributed by atoms with E-state index in [1.165, 1.54) is 36.5 Å². The Bertz CT molecular complexity index is 707. The van der Waals surface area contributed by atoms with Gasteiger partial charge in [-0.1, -0.05) is 49.2 Å². The minimum Gasteiger partial charge on any atom is -0.347 e. The Kier molecular flexibility index (Phi) is 6.05. The third-order valence-electron chi connectivity index (χ3n) is 5.30. The largest absolute Gasteiger partial charge is 0.347 e. The molecule has 2 aromatic rings. The highest BCUT2D eigenvalue weighted by Crippen LogP contribution is 2.20. The summed E-state index contributed by atoms with van der Waals surface area (Å²) in [6, 6.07) is 14.3. The third kappa shape index (κ3) is 4.39. The Morgan fingerprint density at radius 3 is 2.44 bits per heavy atom. The van der Waals surface area contributed by atoms with Gasteiger partial charge in [-0.2, -0.15) is 0 Å². The summed E-state index contributed by atoms with van der Waals surface area (Å²) in [7, 11) is 0. The van der Waals surface area contributed by atoms with E-state index in [9.17, 15) is 4.79 Å². The molecule has 3 rings (SSSR count). The SMILES string of the molecule is CC(C(=O)NC(CN)c1ccc2ccccc2c1)N1CCCCCC1. The average molecular weight is 339 g/mol. The first kappa shape index (κ1) is 17.9. The molecule has 25 heavy (non-hydrogen) atoms. The summed E-state index contributed by atoms with van der Waals surface area (Å²) < 4.78 is 0. The van der Waals surface area contributed by atoms with Crippen LogP contribution in [0.5, 0.6) is 0 Å². The first-order valence-corrected chi connectivity index (χ1v) is 9.42. The quantitative estimate of drug-likeness (QED) is 0.879. The van der Waals surface area contributed by atoms with Gasteiger partial charge in [0.25, 0.3) is 0 Å². The predicted molar refractivity (Wildman–Crippen MR) is 103 cm³/mol. The molecule has 2 atom stereocenters. The monoisotopic (exact) mass is 339 g/mol. The van der Waals surface area contributed by atoms with Crippen LogP contribution >= 0.6 is 0 Å². The van der Waals surface area contributed by atoms with Crippen LogP contribution in [0.15, 0.2) is 42.5 Å². The zero-order valence-corrected chi connectivity index (χ0v) is 15.1. The van der Waals surface area contributed by atoms with Gasteiger partial charge in [0, 0.05) is 6.54 Å². The molecule has 3 N–H and O–H groups in total. The zero-order chi connectivity index (χ0) is 17.6. The lowest BCUT2D eigenvalue weighted by atomic mass is 10.0. The van der Waals surface area contributed by atoms with Crippen molar-refractivity contribution in [1.82, 2.24) is 10.2 Å². The van der Waals surface area contributed by atoms with Crippen LogP contribution in [0, 0.1) is 0 Å². The second-order valence-corrected chi connectivity index (χ2v) is 7.03. The predicted octanol–water partition coefficient (Wildman–Crippen LogP) is 3.22. The van der Waals surface area contributed by atoms with Gasteiger partial charge in [0.15, 0.2) is 0 Å². The van der Waals surface area contributed by atoms with E-state index < -0.39 is 0 Å². The lowest BCUT2D eigenvalue weighted by Gasteiger charge is -2.28. The molecule has 2 aromatic carbocycles. The van der Waals surface area contributed by atoms with Crippen molar-refractivity contribution < 1.29 is 4.79 Å². The van der Waals surface area contributed by atoms with Gasteiger partial charge in [0.2, 0.25) is 5.91 Å². The fourth-order valence-electron chi connectivity index (χ4n) is 3.64. The maximum Gasteiger partial charge on any atom is 0.237 e. The zero-order valence-electron chi connectivity index (χ0n) is 15.1. The number of carbonyl (C=O) groups is 1. The molecule has 0 saturated carbocycles. The number of nitrogens with one attached hydrogen (secondary N) is 1. The number of carbonyl (C=O) groups excluding carboxylic acids is 1. The maximum atomic E-state index is 12.8. The first-order valence-electron chi connectivity index (χ1n) is 9.42. The molecular formula is C21H29N3O. The van der Waals surface area contributed by atoms with Crippen molar-refractivity contribution in [2.75, 3.05) is 19.6 Å². The number of rotatable bonds is 5. The molecule has 0 radical (unpaired) electrons. The molecule has 1 aliphatic heterocycles. The van der Waals surface area contributed by atoms with Crippen LogP contribution in [0.1, 0.15) is 44.2 Å². The number of hydrogen-bond acceptors (Lipinski definition) is 3. The summed E-state index contributed by atoms with van der Waals surface area (Å²) >= 11 is 0. The van der Waals surface area contributed by atoms with E-state index in [0.717, 1.165) is 18.7 Å². The summed E-state index contributed by atoms with van der Waals surface area (Å²) in [5, 5.41) is 5.53. The lowest BCUT2D eigenvalue weighted by molar-refractivity contribution is -0.126. The van der Waals surface area contributed by atoms with Gasteiger partial charge < -0.3 is 11.1 Å². The number of nitrogens with zero attached hydrogens (tertiary/aromatic N) is 1. The fraction of sp³-hybridized carbons (Fsp3) is 0.476. The molecule has 1 aliphatic rings. The summed E-state index contributed by atoms with van der Waals surface area (Å²) in [6.07, 6.45) is 4.91. The summed E-state index contributed by atoms with van der Waals surface area (Å²) in [5.74, 6) is 0.0745. The Labute approximate surface area is 150 Å². The van der Waals surface area contributed by atoms with E-state index in [-0.39, 0.29) is 18.0 Å². The van der Waals surface area contributed by atoms with Crippen molar-refractivity contribution >= 4 is 16.7 Å². The van der Waals surface area contributed by atoms with E-state index >= 15 is 0 Å². The van der Waals surface area contributed by atoms with Crippen LogP contribution < -0.4 is 11.1 Å². The summed E-state index contributed by atoms with van der Waals surface area (Å²) in [6.45, 7) is 4.43. The Hall–Kier alpha value is -1.91. The fourth-order valence-corrected chi connectivity index (χ4v) is 3.64. The van der Waals surface area contributed by atoms with Crippen molar-refractivity contribution in [2.45, 2.75) is 44.7 Å². The molecule has 4 nitrogen and oxygen atoms in total. The van der Waals surface area contributed by atoms with Gasteiger partial charge in [0.05, 0.1) is 12.1 Å². The van der Waals surface area contributed by atoms with Crippen molar-refractivity contribution in [2.24, 2.45) is 5.73 Å². The topological polar surface area (TPSA) is 58.4 Å². The molecule has 4 heteroatoms. The van der Waals surface area contributed by atoms with Crippen LogP contribution in [0.3, 0.4) is 0 Å². The van der Waals surface area contributed by atoms with E-state index in [2.05, 4.69) is 40.5 Å². The van der Waals surface area contributed by atoms with E-state index in [1.807, 2.05) is 19.1 Å². The first-order chi connectivity index (χ1) is 12.2. The molecule has 134 valence electrons. The number of fused-ring (bicyclic) bond motifs is 1. The van der Waals surface area contributed by atoms with Crippen molar-refractivity contribution in [3.63, 3.8) is 0 Å². The van der Waals surface area contributed by atoms with Gasteiger partial charge in [-0.05, 0) is 55.3 Å². The summed E-state index contributed by atoms with van der Waals surface area (Å²) in [5.41, 5.74) is 7.04. The smallest absolute Gasteiger partial charge is 0.237 e. The van der Waals surface area contributed by atoms with E-state index in [1.54, 1.807) is 0 Å². The summed E-state index contributed by atoms with van der Waals surface area (Å²) in [4.78, 5) is 15.1. The molecule has 2 unspecified atom stereocenters. The van der Waals surface area contributed by atoms with E-state index in [4.69, 9.17) is 5.73 Å². The van der Waals surface area contributed by atoms with Gasteiger partial charge >= 0.3 is 0 Å². The second-order valence-electron chi connectivity index (χ2n) is 7.03. The van der Waals surface area contributed by atoms with Crippen molar-refractivity contribution in [3.8, 4) is 0 Å². The lowest BCUT2D eigenvalue weighted by Crippen LogP contribution is -2.47. The highest BCUT2D eigenvalue weighted by molar-refractivity contribution is 5.84. The van der Waals surface area contributed by atoms with Crippen molar-refractivity contribution in [3.05, 3.63) is 48.0 Å². The highest BCUT2D eigenvalue weighted by Gasteiger charge is 2.24. The van der Waals surface area contributed by atoms with Crippen LogP contribution in [0.2, 0.25) is 0 Å². The molecule has 0 aromatic heterocycles. The van der Waals surface area contributed by atoms with Gasteiger partial charge in [-0.25, -0.2) is 0 Å². The van der Waals surface area contributed by atoms with Crippen LogP contribution in [0.25, 0.3) is 10.8 Å². The minimum atomic E-state index is -0.147. The molecule has 1 fully saturated rings. The standard InChI is InChI=1S/C21H29N3O/c1-16(24-12-6-2-3-7-13-24)21(25)23-20(15-22)19-11-10-17-8-4-5-9-18(17)14-19/h4-5,8-11,14,16,20H,2-3,6-7,12-13,15,22H2,1H3,(H,23,25). The Morgan fingerprint density at radius 2 is 1.76 bits per heavy atom. The number of nitrogens with two attached hydrogens (primary N) is 1. The van der Waals surface area contributed by atoms with Gasteiger partial charge in [-0.3, -0.25) is 9.69 Å². The van der Waals surface area contributed by atoms with Gasteiger partial charge in [0.1, 0.15) is 0 Å². The molecule has 1 amide bonds.